The van der Waals surface area contributed by atoms with Gasteiger partial charge in [-0.2, -0.15) is 0 Å². The van der Waals surface area contributed by atoms with Crippen LogP contribution in [0.1, 0.15) is 21.5 Å². The molecule has 0 spiro atoms. The SMILES string of the molecule is COc1cccc(NC(=O)c2ccccc2NC(=O)COc2cc(C)ccc2C)c1. The van der Waals surface area contributed by atoms with Crippen molar-refractivity contribution in [3.8, 4) is 11.5 Å². The molecular weight excluding hydrogens is 380 g/mol. The maximum absolute atomic E-state index is 12.7. The number of amides is 2. The van der Waals surface area contributed by atoms with Gasteiger partial charge in [-0.3, -0.25) is 9.59 Å². The topological polar surface area (TPSA) is 76.7 Å². The Bertz CT molecular complexity index is 1060. The molecule has 6 nitrogen and oxygen atoms in total. The quantitative estimate of drug-likeness (QED) is 0.604. The molecular formula is C24H24N2O4. The Morgan fingerprint density at radius 1 is 0.900 bits per heavy atom. The van der Waals surface area contributed by atoms with E-state index in [-0.39, 0.29) is 18.4 Å². The minimum atomic E-state index is -0.350. The lowest BCUT2D eigenvalue weighted by atomic mass is 10.1. The number of carbonyl (C=O) groups excluding carboxylic acids is 2. The van der Waals surface area contributed by atoms with Crippen LogP contribution in [0.3, 0.4) is 0 Å². The number of rotatable bonds is 7. The van der Waals surface area contributed by atoms with Gasteiger partial charge in [0.15, 0.2) is 6.61 Å². The van der Waals surface area contributed by atoms with Crippen LogP contribution in [-0.4, -0.2) is 25.5 Å². The van der Waals surface area contributed by atoms with Crippen molar-refractivity contribution in [2.75, 3.05) is 24.4 Å². The van der Waals surface area contributed by atoms with Crippen molar-refractivity contribution in [3.05, 3.63) is 83.4 Å². The fourth-order valence-corrected chi connectivity index (χ4v) is 2.88. The molecule has 0 radical (unpaired) electrons. The van der Waals surface area contributed by atoms with Gasteiger partial charge in [-0.05, 0) is 55.3 Å². The van der Waals surface area contributed by atoms with Crippen molar-refractivity contribution >= 4 is 23.2 Å². The lowest BCUT2D eigenvalue weighted by molar-refractivity contribution is -0.118. The fourth-order valence-electron chi connectivity index (χ4n) is 2.88. The highest BCUT2D eigenvalue weighted by molar-refractivity contribution is 6.10. The molecule has 154 valence electrons. The summed E-state index contributed by atoms with van der Waals surface area (Å²) in [6, 6.07) is 19.7. The van der Waals surface area contributed by atoms with E-state index in [1.165, 1.54) is 0 Å². The van der Waals surface area contributed by atoms with Crippen LogP contribution in [0.5, 0.6) is 11.5 Å². The molecule has 2 amide bonds. The number of nitrogens with one attached hydrogen (secondary N) is 2. The third-order valence-electron chi connectivity index (χ3n) is 4.48. The van der Waals surface area contributed by atoms with Gasteiger partial charge < -0.3 is 20.1 Å². The zero-order chi connectivity index (χ0) is 21.5. The molecule has 30 heavy (non-hydrogen) atoms. The van der Waals surface area contributed by atoms with Gasteiger partial charge in [0.05, 0.1) is 18.4 Å². The largest absolute Gasteiger partial charge is 0.497 e. The number of aryl methyl sites for hydroxylation is 2. The highest BCUT2D eigenvalue weighted by Crippen LogP contribution is 2.21. The van der Waals surface area contributed by atoms with Gasteiger partial charge in [-0.25, -0.2) is 0 Å². The first-order valence-electron chi connectivity index (χ1n) is 9.50. The van der Waals surface area contributed by atoms with E-state index in [1.54, 1.807) is 55.6 Å². The number of benzene rings is 3. The number of methoxy groups -OCH3 is 1. The van der Waals surface area contributed by atoms with E-state index in [0.717, 1.165) is 11.1 Å². The van der Waals surface area contributed by atoms with E-state index in [9.17, 15) is 9.59 Å². The number of carbonyl (C=O) groups is 2. The molecule has 0 heterocycles. The third kappa shape index (κ3) is 5.38. The van der Waals surface area contributed by atoms with Crippen LogP contribution >= 0.6 is 0 Å². The molecule has 3 aromatic carbocycles. The highest BCUT2D eigenvalue weighted by Gasteiger charge is 2.14. The Kier molecular flexibility index (Phi) is 6.70. The van der Waals surface area contributed by atoms with Crippen LogP contribution in [0.15, 0.2) is 66.7 Å². The smallest absolute Gasteiger partial charge is 0.262 e. The van der Waals surface area contributed by atoms with Gasteiger partial charge in [0.2, 0.25) is 0 Å². The molecule has 0 unspecified atom stereocenters. The van der Waals surface area contributed by atoms with Crippen LogP contribution in [0.4, 0.5) is 11.4 Å². The van der Waals surface area contributed by atoms with Crippen LogP contribution in [-0.2, 0) is 4.79 Å². The summed E-state index contributed by atoms with van der Waals surface area (Å²) in [5.74, 6) is 0.610. The number of anilines is 2. The molecule has 0 atom stereocenters. The summed E-state index contributed by atoms with van der Waals surface area (Å²) < 4.78 is 10.8. The predicted molar refractivity (Wildman–Crippen MR) is 117 cm³/mol. The van der Waals surface area contributed by atoms with Crippen LogP contribution in [0.2, 0.25) is 0 Å². The normalized spacial score (nSPS) is 10.2. The average molecular weight is 404 g/mol. The molecule has 0 saturated heterocycles. The third-order valence-corrected chi connectivity index (χ3v) is 4.48. The lowest BCUT2D eigenvalue weighted by Crippen LogP contribution is -2.23. The molecule has 0 aliphatic heterocycles. The Morgan fingerprint density at radius 3 is 2.50 bits per heavy atom. The van der Waals surface area contributed by atoms with E-state index in [0.29, 0.717) is 28.4 Å². The molecule has 3 aromatic rings. The second-order valence-electron chi connectivity index (χ2n) is 6.84. The van der Waals surface area contributed by atoms with E-state index in [2.05, 4.69) is 10.6 Å². The van der Waals surface area contributed by atoms with Gasteiger partial charge in [0.25, 0.3) is 11.8 Å². The summed E-state index contributed by atoms with van der Waals surface area (Å²) in [5, 5.41) is 5.57. The molecule has 0 fully saturated rings. The second kappa shape index (κ2) is 9.60. The summed E-state index contributed by atoms with van der Waals surface area (Å²) in [4.78, 5) is 25.2. The first kappa shape index (κ1) is 20.9. The van der Waals surface area contributed by atoms with Crippen LogP contribution in [0.25, 0.3) is 0 Å². The molecule has 0 aliphatic carbocycles. The Hall–Kier alpha value is -3.80. The number of para-hydroxylation sites is 1. The zero-order valence-electron chi connectivity index (χ0n) is 17.2. The van der Waals surface area contributed by atoms with E-state index in [1.807, 2.05) is 32.0 Å². The maximum Gasteiger partial charge on any atom is 0.262 e. The summed E-state index contributed by atoms with van der Waals surface area (Å²) in [5.41, 5.74) is 3.36. The fraction of sp³-hybridized carbons (Fsp3) is 0.167. The highest BCUT2D eigenvalue weighted by atomic mass is 16.5. The minimum Gasteiger partial charge on any atom is -0.497 e. The maximum atomic E-state index is 12.7. The Labute approximate surface area is 175 Å². The van der Waals surface area contributed by atoms with Crippen LogP contribution < -0.4 is 20.1 Å². The molecule has 0 saturated carbocycles. The predicted octanol–water partition coefficient (Wildman–Crippen LogP) is 4.58. The first-order chi connectivity index (χ1) is 14.5. The van der Waals surface area contributed by atoms with E-state index < -0.39 is 0 Å². The van der Waals surface area contributed by atoms with Gasteiger partial charge in [0, 0.05) is 11.8 Å². The van der Waals surface area contributed by atoms with Gasteiger partial charge in [0.1, 0.15) is 11.5 Å². The lowest BCUT2D eigenvalue weighted by Gasteiger charge is -2.13. The summed E-state index contributed by atoms with van der Waals surface area (Å²) >= 11 is 0. The van der Waals surface area contributed by atoms with Gasteiger partial charge in [-0.1, -0.05) is 30.3 Å². The molecule has 0 bridgehead atoms. The first-order valence-corrected chi connectivity index (χ1v) is 9.50. The molecule has 2 N–H and O–H groups in total. The number of hydrogen-bond acceptors (Lipinski definition) is 4. The average Bonchev–Trinajstić information content (AvgIpc) is 2.75. The molecule has 3 rings (SSSR count). The van der Waals surface area contributed by atoms with Gasteiger partial charge >= 0.3 is 0 Å². The standard InChI is InChI=1S/C24H24N2O4/c1-16-11-12-17(2)22(13-16)30-15-23(27)26-21-10-5-4-9-20(21)24(28)25-18-7-6-8-19(14-18)29-3/h4-14H,15H2,1-3H3,(H,25,28)(H,26,27). The van der Waals surface area contributed by atoms with Crippen molar-refractivity contribution in [1.82, 2.24) is 0 Å². The van der Waals surface area contributed by atoms with Crippen molar-refractivity contribution < 1.29 is 19.1 Å². The number of hydrogen-bond donors (Lipinski definition) is 2. The van der Waals surface area contributed by atoms with Crippen molar-refractivity contribution in [2.45, 2.75) is 13.8 Å². The second-order valence-corrected chi connectivity index (χ2v) is 6.84. The van der Waals surface area contributed by atoms with Crippen molar-refractivity contribution in [2.24, 2.45) is 0 Å². The molecule has 0 aliphatic rings. The Morgan fingerprint density at radius 2 is 1.70 bits per heavy atom. The molecule has 0 aromatic heterocycles. The van der Waals surface area contributed by atoms with Gasteiger partial charge in [-0.15, -0.1) is 0 Å². The summed E-state index contributed by atoms with van der Waals surface area (Å²) in [6.07, 6.45) is 0. The summed E-state index contributed by atoms with van der Waals surface area (Å²) in [7, 11) is 1.56. The zero-order valence-corrected chi connectivity index (χ0v) is 17.2. The van der Waals surface area contributed by atoms with E-state index >= 15 is 0 Å². The summed E-state index contributed by atoms with van der Waals surface area (Å²) in [6.45, 7) is 3.73. The number of ether oxygens (including phenoxy) is 2. The van der Waals surface area contributed by atoms with Crippen molar-refractivity contribution in [3.63, 3.8) is 0 Å². The van der Waals surface area contributed by atoms with Crippen molar-refractivity contribution in [1.29, 1.82) is 0 Å². The minimum absolute atomic E-state index is 0.157. The monoisotopic (exact) mass is 404 g/mol. The Balaban J connectivity index is 1.67. The molecule has 6 heteroatoms. The van der Waals surface area contributed by atoms with E-state index in [4.69, 9.17) is 9.47 Å². The van der Waals surface area contributed by atoms with Crippen LogP contribution in [0, 0.1) is 13.8 Å².